The molecule has 1 aliphatic heterocycles. The van der Waals surface area contributed by atoms with Crippen molar-refractivity contribution in [1.29, 1.82) is 0 Å². The standard InChI is InChI=1S/C12H14N2O/c1-12(2)11(15)13-10(14-12)8-9-6-4-3-5-7-9/h3-8,14H,1-2H3,(H,13,15). The number of hydrogen-bond acceptors (Lipinski definition) is 2. The van der Waals surface area contributed by atoms with Crippen LogP contribution in [0, 0.1) is 0 Å². The second kappa shape index (κ2) is 3.42. The predicted octanol–water partition coefficient (Wildman–Crippen LogP) is 1.48. The van der Waals surface area contributed by atoms with Gasteiger partial charge in [-0.25, -0.2) is 0 Å². The minimum atomic E-state index is -0.513. The summed E-state index contributed by atoms with van der Waals surface area (Å²) in [5, 5.41) is 5.93. The van der Waals surface area contributed by atoms with E-state index >= 15 is 0 Å². The topological polar surface area (TPSA) is 41.1 Å². The first-order valence-corrected chi connectivity index (χ1v) is 4.94. The van der Waals surface area contributed by atoms with Crippen molar-refractivity contribution in [3.05, 3.63) is 41.7 Å². The summed E-state index contributed by atoms with van der Waals surface area (Å²) in [5.74, 6) is 0.765. The summed E-state index contributed by atoms with van der Waals surface area (Å²) in [6.45, 7) is 3.71. The molecule has 1 saturated heterocycles. The molecule has 1 amide bonds. The molecule has 3 heteroatoms. The first-order chi connectivity index (χ1) is 7.08. The molecule has 78 valence electrons. The van der Waals surface area contributed by atoms with Gasteiger partial charge in [0.2, 0.25) is 0 Å². The highest BCUT2D eigenvalue weighted by molar-refractivity contribution is 5.91. The fourth-order valence-corrected chi connectivity index (χ4v) is 1.49. The Balaban J connectivity index is 2.22. The van der Waals surface area contributed by atoms with Crippen LogP contribution in [0.4, 0.5) is 0 Å². The maximum atomic E-state index is 11.5. The lowest BCUT2D eigenvalue weighted by Crippen LogP contribution is -2.39. The van der Waals surface area contributed by atoms with Crippen LogP contribution >= 0.6 is 0 Å². The van der Waals surface area contributed by atoms with E-state index in [4.69, 9.17) is 0 Å². The maximum absolute atomic E-state index is 11.5. The molecular formula is C12H14N2O. The zero-order valence-electron chi connectivity index (χ0n) is 8.87. The molecule has 0 unspecified atom stereocenters. The lowest BCUT2D eigenvalue weighted by molar-refractivity contribution is -0.122. The highest BCUT2D eigenvalue weighted by Crippen LogP contribution is 2.14. The Morgan fingerprint density at radius 1 is 1.20 bits per heavy atom. The summed E-state index contributed by atoms with van der Waals surface area (Å²) < 4.78 is 0. The van der Waals surface area contributed by atoms with Crippen LogP contribution in [0.5, 0.6) is 0 Å². The molecule has 1 fully saturated rings. The molecule has 1 aromatic rings. The Morgan fingerprint density at radius 3 is 2.40 bits per heavy atom. The number of amides is 1. The van der Waals surface area contributed by atoms with E-state index in [1.54, 1.807) is 0 Å². The lowest BCUT2D eigenvalue weighted by Gasteiger charge is -2.13. The van der Waals surface area contributed by atoms with Crippen LogP contribution in [0.15, 0.2) is 36.2 Å². The van der Waals surface area contributed by atoms with Crippen LogP contribution in [0.25, 0.3) is 6.08 Å². The minimum Gasteiger partial charge on any atom is -0.358 e. The largest absolute Gasteiger partial charge is 0.358 e. The van der Waals surface area contributed by atoms with Gasteiger partial charge in [0.05, 0.1) is 0 Å². The molecule has 1 heterocycles. The van der Waals surface area contributed by atoms with Gasteiger partial charge in [0, 0.05) is 0 Å². The zero-order chi connectivity index (χ0) is 10.9. The van der Waals surface area contributed by atoms with E-state index in [0.29, 0.717) is 0 Å². The summed E-state index contributed by atoms with van der Waals surface area (Å²) in [6, 6.07) is 9.88. The molecule has 0 spiro atoms. The summed E-state index contributed by atoms with van der Waals surface area (Å²) in [5.41, 5.74) is 0.554. The van der Waals surface area contributed by atoms with Gasteiger partial charge in [0.1, 0.15) is 11.4 Å². The quantitative estimate of drug-likeness (QED) is 0.724. The Morgan fingerprint density at radius 2 is 1.87 bits per heavy atom. The average Bonchev–Trinajstić information content (AvgIpc) is 2.42. The van der Waals surface area contributed by atoms with Crippen molar-refractivity contribution in [1.82, 2.24) is 10.6 Å². The molecule has 0 aliphatic carbocycles. The van der Waals surface area contributed by atoms with Gasteiger partial charge < -0.3 is 10.6 Å². The Hall–Kier alpha value is -1.77. The van der Waals surface area contributed by atoms with Crippen molar-refractivity contribution in [2.45, 2.75) is 19.4 Å². The van der Waals surface area contributed by atoms with Crippen molar-refractivity contribution >= 4 is 12.0 Å². The molecule has 15 heavy (non-hydrogen) atoms. The SMILES string of the molecule is CC1(C)NC(=Cc2ccccc2)NC1=O. The van der Waals surface area contributed by atoms with E-state index in [1.807, 2.05) is 50.3 Å². The number of nitrogens with one attached hydrogen (secondary N) is 2. The van der Waals surface area contributed by atoms with Gasteiger partial charge in [-0.3, -0.25) is 4.79 Å². The van der Waals surface area contributed by atoms with Crippen molar-refractivity contribution in [2.24, 2.45) is 0 Å². The molecule has 1 aromatic carbocycles. The van der Waals surface area contributed by atoms with Crippen LogP contribution in [-0.2, 0) is 4.79 Å². The van der Waals surface area contributed by atoms with E-state index in [0.717, 1.165) is 11.4 Å². The average molecular weight is 202 g/mol. The highest BCUT2D eigenvalue weighted by Gasteiger charge is 2.34. The van der Waals surface area contributed by atoms with E-state index in [2.05, 4.69) is 10.6 Å². The molecule has 0 aromatic heterocycles. The van der Waals surface area contributed by atoms with Crippen molar-refractivity contribution in [3.63, 3.8) is 0 Å². The van der Waals surface area contributed by atoms with Gasteiger partial charge >= 0.3 is 0 Å². The molecule has 3 nitrogen and oxygen atoms in total. The van der Waals surface area contributed by atoms with Crippen LogP contribution in [0.2, 0.25) is 0 Å². The van der Waals surface area contributed by atoms with Crippen LogP contribution < -0.4 is 10.6 Å². The second-order valence-corrected chi connectivity index (χ2v) is 4.17. The van der Waals surface area contributed by atoms with Crippen molar-refractivity contribution in [2.75, 3.05) is 0 Å². The van der Waals surface area contributed by atoms with E-state index < -0.39 is 5.54 Å². The molecular weight excluding hydrogens is 188 g/mol. The van der Waals surface area contributed by atoms with E-state index in [1.165, 1.54) is 0 Å². The van der Waals surface area contributed by atoms with Gasteiger partial charge in [-0.2, -0.15) is 0 Å². The Bertz CT molecular complexity index is 407. The maximum Gasteiger partial charge on any atom is 0.250 e. The third kappa shape index (κ3) is 2.01. The first kappa shape index (κ1) is 9.77. The summed E-state index contributed by atoms with van der Waals surface area (Å²) in [6.07, 6.45) is 1.92. The Labute approximate surface area is 89.2 Å². The second-order valence-electron chi connectivity index (χ2n) is 4.17. The first-order valence-electron chi connectivity index (χ1n) is 4.94. The van der Waals surface area contributed by atoms with E-state index in [9.17, 15) is 4.79 Å². The Kier molecular flexibility index (Phi) is 2.23. The van der Waals surface area contributed by atoms with Gasteiger partial charge in [0.25, 0.3) is 5.91 Å². The minimum absolute atomic E-state index is 0.00433. The monoisotopic (exact) mass is 202 g/mol. The normalized spacial score (nSPS) is 21.2. The summed E-state index contributed by atoms with van der Waals surface area (Å²) in [7, 11) is 0. The summed E-state index contributed by atoms with van der Waals surface area (Å²) >= 11 is 0. The molecule has 0 bridgehead atoms. The number of benzene rings is 1. The molecule has 1 aliphatic rings. The fourth-order valence-electron chi connectivity index (χ4n) is 1.49. The smallest absolute Gasteiger partial charge is 0.250 e. The van der Waals surface area contributed by atoms with Crippen molar-refractivity contribution < 1.29 is 4.79 Å². The molecule has 2 rings (SSSR count). The zero-order valence-corrected chi connectivity index (χ0v) is 8.87. The van der Waals surface area contributed by atoms with Crippen LogP contribution in [0.1, 0.15) is 19.4 Å². The third-order valence-electron chi connectivity index (χ3n) is 2.37. The molecule has 2 N–H and O–H groups in total. The van der Waals surface area contributed by atoms with Gasteiger partial charge in [0.15, 0.2) is 0 Å². The van der Waals surface area contributed by atoms with Gasteiger partial charge in [-0.05, 0) is 25.5 Å². The van der Waals surface area contributed by atoms with E-state index in [-0.39, 0.29) is 5.91 Å². The number of rotatable bonds is 1. The lowest BCUT2D eigenvalue weighted by atomic mass is 10.1. The summed E-state index contributed by atoms with van der Waals surface area (Å²) in [4.78, 5) is 11.5. The number of carbonyl (C=O) groups excluding carboxylic acids is 1. The third-order valence-corrected chi connectivity index (χ3v) is 2.37. The fraction of sp³-hybridized carbons (Fsp3) is 0.250. The predicted molar refractivity (Wildman–Crippen MR) is 59.8 cm³/mol. The molecule has 0 atom stereocenters. The van der Waals surface area contributed by atoms with Crippen LogP contribution in [0.3, 0.4) is 0 Å². The molecule has 0 saturated carbocycles. The highest BCUT2D eigenvalue weighted by atomic mass is 16.2. The van der Waals surface area contributed by atoms with Crippen molar-refractivity contribution in [3.8, 4) is 0 Å². The van der Waals surface area contributed by atoms with Gasteiger partial charge in [-0.15, -0.1) is 0 Å². The van der Waals surface area contributed by atoms with Crippen LogP contribution in [-0.4, -0.2) is 11.4 Å². The molecule has 0 radical (unpaired) electrons. The number of hydrogen-bond donors (Lipinski definition) is 2. The number of carbonyl (C=O) groups is 1. The van der Waals surface area contributed by atoms with Gasteiger partial charge in [-0.1, -0.05) is 30.3 Å².